The van der Waals surface area contributed by atoms with Gasteiger partial charge in [0.05, 0.1) is 12.9 Å². The number of thioether (sulfide) groups is 1. The SMILES string of the molecule is CCCNc1ncnc(SCC(=O)OC)c1CC. The smallest absolute Gasteiger partial charge is 0.316 e. The summed E-state index contributed by atoms with van der Waals surface area (Å²) in [7, 11) is 1.39. The lowest BCUT2D eigenvalue weighted by molar-refractivity contribution is -0.137. The Morgan fingerprint density at radius 2 is 2.22 bits per heavy atom. The maximum Gasteiger partial charge on any atom is 0.316 e. The van der Waals surface area contributed by atoms with Crippen LogP contribution in [-0.2, 0) is 16.0 Å². The molecular weight excluding hydrogens is 250 g/mol. The number of carbonyl (C=O) groups excluding carboxylic acids is 1. The van der Waals surface area contributed by atoms with E-state index in [9.17, 15) is 4.79 Å². The van der Waals surface area contributed by atoms with Crippen LogP contribution in [0.15, 0.2) is 11.4 Å². The molecule has 0 aliphatic carbocycles. The van der Waals surface area contributed by atoms with E-state index in [1.807, 2.05) is 0 Å². The van der Waals surface area contributed by atoms with Crippen LogP contribution >= 0.6 is 11.8 Å². The molecule has 1 heterocycles. The van der Waals surface area contributed by atoms with Crippen LogP contribution in [-0.4, -0.2) is 35.3 Å². The second-order valence-electron chi connectivity index (χ2n) is 3.65. The number of nitrogens with zero attached hydrogens (tertiary/aromatic N) is 2. The van der Waals surface area contributed by atoms with E-state index >= 15 is 0 Å². The third-order valence-corrected chi connectivity index (χ3v) is 3.36. The predicted octanol–water partition coefficient (Wildman–Crippen LogP) is 2.13. The molecule has 18 heavy (non-hydrogen) atoms. The average Bonchev–Trinajstić information content (AvgIpc) is 2.42. The lowest BCUT2D eigenvalue weighted by Gasteiger charge is -2.11. The zero-order valence-corrected chi connectivity index (χ0v) is 11.8. The van der Waals surface area contributed by atoms with Crippen LogP contribution in [0.4, 0.5) is 5.82 Å². The van der Waals surface area contributed by atoms with Crippen molar-refractivity contribution in [1.29, 1.82) is 0 Å². The van der Waals surface area contributed by atoms with Gasteiger partial charge in [-0.3, -0.25) is 4.79 Å². The number of nitrogens with one attached hydrogen (secondary N) is 1. The summed E-state index contributed by atoms with van der Waals surface area (Å²) in [5, 5.41) is 4.12. The van der Waals surface area contributed by atoms with E-state index in [1.54, 1.807) is 0 Å². The molecule has 0 bridgehead atoms. The fourth-order valence-corrected chi connectivity index (χ4v) is 2.33. The van der Waals surface area contributed by atoms with E-state index in [1.165, 1.54) is 25.2 Å². The molecule has 100 valence electrons. The normalized spacial score (nSPS) is 10.2. The molecule has 0 aliphatic rings. The lowest BCUT2D eigenvalue weighted by atomic mass is 10.2. The maximum atomic E-state index is 11.1. The predicted molar refractivity (Wildman–Crippen MR) is 72.9 cm³/mol. The molecule has 0 atom stereocenters. The third-order valence-electron chi connectivity index (χ3n) is 2.36. The molecule has 6 heteroatoms. The number of ether oxygens (including phenoxy) is 1. The molecule has 0 fully saturated rings. The van der Waals surface area contributed by atoms with Crippen molar-refractivity contribution in [2.45, 2.75) is 31.7 Å². The average molecular weight is 269 g/mol. The summed E-state index contributed by atoms with van der Waals surface area (Å²) < 4.78 is 4.62. The van der Waals surface area contributed by atoms with E-state index in [0.717, 1.165) is 35.8 Å². The second-order valence-corrected chi connectivity index (χ2v) is 4.62. The van der Waals surface area contributed by atoms with Crippen molar-refractivity contribution < 1.29 is 9.53 Å². The van der Waals surface area contributed by atoms with Crippen molar-refractivity contribution in [3.8, 4) is 0 Å². The molecular formula is C12H19N3O2S. The van der Waals surface area contributed by atoms with Crippen LogP contribution in [0.25, 0.3) is 0 Å². The fourth-order valence-electron chi connectivity index (χ4n) is 1.42. The highest BCUT2D eigenvalue weighted by atomic mass is 32.2. The minimum atomic E-state index is -0.247. The summed E-state index contributed by atoms with van der Waals surface area (Å²) >= 11 is 1.39. The van der Waals surface area contributed by atoms with Gasteiger partial charge >= 0.3 is 5.97 Å². The summed E-state index contributed by atoms with van der Waals surface area (Å²) in [6.07, 6.45) is 3.39. The third kappa shape index (κ3) is 4.18. The first-order chi connectivity index (χ1) is 8.72. The van der Waals surface area contributed by atoms with Crippen LogP contribution in [0.2, 0.25) is 0 Å². The summed E-state index contributed by atoms with van der Waals surface area (Å²) in [4.78, 5) is 19.6. The first-order valence-corrected chi connectivity index (χ1v) is 6.98. The van der Waals surface area contributed by atoms with E-state index in [2.05, 4.69) is 33.9 Å². The van der Waals surface area contributed by atoms with Gasteiger partial charge in [-0.05, 0) is 12.8 Å². The molecule has 1 aromatic rings. The highest BCUT2D eigenvalue weighted by Crippen LogP contribution is 2.25. The molecule has 1 aromatic heterocycles. The van der Waals surface area contributed by atoms with Crippen LogP contribution < -0.4 is 5.32 Å². The summed E-state index contributed by atoms with van der Waals surface area (Å²) in [5.41, 5.74) is 1.06. The summed E-state index contributed by atoms with van der Waals surface area (Å²) in [5.74, 6) is 0.888. The number of carbonyl (C=O) groups is 1. The van der Waals surface area contributed by atoms with Gasteiger partial charge in [0.1, 0.15) is 17.2 Å². The Hall–Kier alpha value is -1.30. The monoisotopic (exact) mass is 269 g/mol. The van der Waals surface area contributed by atoms with Crippen molar-refractivity contribution in [2.75, 3.05) is 24.7 Å². The highest BCUT2D eigenvalue weighted by Gasteiger charge is 2.11. The Bertz CT molecular complexity index is 399. The Kier molecular flexibility index (Phi) is 6.49. The van der Waals surface area contributed by atoms with E-state index in [4.69, 9.17) is 0 Å². The molecule has 0 aliphatic heterocycles. The molecule has 1 rings (SSSR count). The first kappa shape index (κ1) is 14.8. The van der Waals surface area contributed by atoms with Crippen LogP contribution in [0.5, 0.6) is 0 Å². The minimum absolute atomic E-state index is 0.247. The molecule has 0 saturated carbocycles. The molecule has 5 nitrogen and oxygen atoms in total. The summed E-state index contributed by atoms with van der Waals surface area (Å²) in [6, 6.07) is 0. The van der Waals surface area contributed by atoms with Crippen molar-refractivity contribution in [3.63, 3.8) is 0 Å². The molecule has 0 unspecified atom stereocenters. The van der Waals surface area contributed by atoms with Gasteiger partial charge in [-0.1, -0.05) is 25.6 Å². The standard InChI is InChI=1S/C12H19N3O2S/c1-4-6-13-11-9(5-2)12(15-8-14-11)18-7-10(16)17-3/h8H,4-7H2,1-3H3,(H,13,14,15). The van der Waals surface area contributed by atoms with Crippen LogP contribution in [0.3, 0.4) is 0 Å². The first-order valence-electron chi connectivity index (χ1n) is 6.00. The number of hydrogen-bond acceptors (Lipinski definition) is 6. The van der Waals surface area contributed by atoms with Gasteiger partial charge in [0.2, 0.25) is 0 Å². The Balaban J connectivity index is 2.80. The molecule has 0 saturated heterocycles. The Morgan fingerprint density at radius 3 is 2.83 bits per heavy atom. The van der Waals surface area contributed by atoms with E-state index in [-0.39, 0.29) is 11.7 Å². The quantitative estimate of drug-likeness (QED) is 0.465. The number of methoxy groups -OCH3 is 1. The lowest BCUT2D eigenvalue weighted by Crippen LogP contribution is -2.08. The zero-order valence-electron chi connectivity index (χ0n) is 11.0. The highest BCUT2D eigenvalue weighted by molar-refractivity contribution is 7.99. The number of anilines is 1. The zero-order chi connectivity index (χ0) is 13.4. The van der Waals surface area contributed by atoms with Gasteiger partial charge < -0.3 is 10.1 Å². The van der Waals surface area contributed by atoms with Gasteiger partial charge in [0.25, 0.3) is 0 Å². The number of hydrogen-bond donors (Lipinski definition) is 1. The van der Waals surface area contributed by atoms with Crippen LogP contribution in [0, 0.1) is 0 Å². The topological polar surface area (TPSA) is 64.1 Å². The van der Waals surface area contributed by atoms with Gasteiger partial charge in [-0.2, -0.15) is 0 Å². The molecule has 0 aromatic carbocycles. The van der Waals surface area contributed by atoms with Crippen molar-refractivity contribution in [3.05, 3.63) is 11.9 Å². The maximum absolute atomic E-state index is 11.1. The van der Waals surface area contributed by atoms with Gasteiger partial charge in [-0.15, -0.1) is 0 Å². The number of rotatable bonds is 7. The molecule has 0 spiro atoms. The van der Waals surface area contributed by atoms with Crippen LogP contribution in [0.1, 0.15) is 25.8 Å². The number of esters is 1. The minimum Gasteiger partial charge on any atom is -0.468 e. The number of aromatic nitrogens is 2. The molecule has 0 radical (unpaired) electrons. The molecule has 0 amide bonds. The van der Waals surface area contributed by atoms with Gasteiger partial charge in [-0.25, -0.2) is 9.97 Å². The summed E-state index contributed by atoms with van der Waals surface area (Å²) in [6.45, 7) is 5.04. The van der Waals surface area contributed by atoms with E-state index in [0.29, 0.717) is 0 Å². The largest absolute Gasteiger partial charge is 0.468 e. The van der Waals surface area contributed by atoms with Crippen molar-refractivity contribution >= 4 is 23.5 Å². The van der Waals surface area contributed by atoms with Gasteiger partial charge in [0.15, 0.2) is 0 Å². The Labute approximate surface area is 112 Å². The van der Waals surface area contributed by atoms with E-state index < -0.39 is 0 Å². The van der Waals surface area contributed by atoms with Gasteiger partial charge in [0, 0.05) is 12.1 Å². The van der Waals surface area contributed by atoms with Crippen molar-refractivity contribution in [1.82, 2.24) is 9.97 Å². The molecule has 1 N–H and O–H groups in total. The fraction of sp³-hybridized carbons (Fsp3) is 0.583. The van der Waals surface area contributed by atoms with Crippen molar-refractivity contribution in [2.24, 2.45) is 0 Å². The Morgan fingerprint density at radius 1 is 1.44 bits per heavy atom. The second kappa shape index (κ2) is 7.92.